The summed E-state index contributed by atoms with van der Waals surface area (Å²) in [7, 11) is 0. The molecule has 0 amide bonds. The van der Waals surface area contributed by atoms with Crippen molar-refractivity contribution in [2.75, 3.05) is 0 Å². The highest BCUT2D eigenvalue weighted by Crippen LogP contribution is 1.92. The van der Waals surface area contributed by atoms with Crippen LogP contribution >= 0.6 is 0 Å². The molecule has 0 nitrogen and oxygen atoms in total. The molecule has 0 bridgehead atoms. The summed E-state index contributed by atoms with van der Waals surface area (Å²) in [6, 6.07) is 10.3. The molecular formula is C8H12F3S+. The standard InChI is InChI=1S/C7H8.CHF3.H2S/c1-7-5-3-2-4-6-7;2-1(3)4;/h2-6H,1H3;1H;1H2/p+1. The molecule has 12 heavy (non-hydrogen) atoms. The van der Waals surface area contributed by atoms with Crippen LogP contribution < -0.4 is 0 Å². The molecule has 0 aromatic heterocycles. The van der Waals surface area contributed by atoms with Crippen LogP contribution in [0.4, 0.5) is 13.2 Å². The van der Waals surface area contributed by atoms with Crippen molar-refractivity contribution in [2.24, 2.45) is 0 Å². The van der Waals surface area contributed by atoms with Gasteiger partial charge in [-0.2, -0.15) is 13.2 Å². The van der Waals surface area contributed by atoms with Crippen molar-refractivity contribution in [3.05, 3.63) is 35.9 Å². The van der Waals surface area contributed by atoms with Gasteiger partial charge >= 0.3 is 6.68 Å². The van der Waals surface area contributed by atoms with Gasteiger partial charge < -0.3 is 0 Å². The first-order valence-electron chi connectivity index (χ1n) is 3.07. The molecule has 1 rings (SSSR count). The quantitative estimate of drug-likeness (QED) is 0.560. The Balaban J connectivity index is 0. The van der Waals surface area contributed by atoms with Crippen LogP contribution in [-0.4, -0.2) is 6.68 Å². The summed E-state index contributed by atoms with van der Waals surface area (Å²) in [4.78, 5) is 0. The largest absolute Gasteiger partial charge is 0.379 e. The van der Waals surface area contributed by atoms with E-state index in [0.717, 1.165) is 0 Å². The Morgan fingerprint density at radius 2 is 1.33 bits per heavy atom. The van der Waals surface area contributed by atoms with Crippen molar-refractivity contribution in [3.8, 4) is 0 Å². The van der Waals surface area contributed by atoms with Crippen molar-refractivity contribution < 1.29 is 13.2 Å². The lowest BCUT2D eigenvalue weighted by Gasteiger charge is -1.82. The maximum Gasteiger partial charge on any atom is 0.379 e. The number of benzene rings is 1. The van der Waals surface area contributed by atoms with Gasteiger partial charge in [-0.3, -0.25) is 0 Å². The molecule has 1 aromatic rings. The number of alkyl halides is 3. The predicted octanol–water partition coefficient (Wildman–Crippen LogP) is 2.37. The van der Waals surface area contributed by atoms with Gasteiger partial charge in [0.1, 0.15) is 0 Å². The lowest BCUT2D eigenvalue weighted by molar-refractivity contribution is 0.00819. The molecule has 0 fully saturated rings. The maximum atomic E-state index is 9.67. The number of hydrogen-bond acceptors (Lipinski definition) is 0. The van der Waals surface area contributed by atoms with E-state index in [1.54, 1.807) is 0 Å². The molecule has 4 heteroatoms. The van der Waals surface area contributed by atoms with Gasteiger partial charge in [0.25, 0.3) is 0 Å². The summed E-state index contributed by atoms with van der Waals surface area (Å²) >= 11 is 0. The zero-order valence-electron chi connectivity index (χ0n) is 6.68. The second-order valence-electron chi connectivity index (χ2n) is 1.90. The third-order valence-corrected chi connectivity index (χ3v) is 0.940. The summed E-state index contributed by atoms with van der Waals surface area (Å²) in [6.07, 6.45) is 0. The number of halogens is 3. The molecule has 0 aliphatic heterocycles. The number of rotatable bonds is 0. The van der Waals surface area contributed by atoms with E-state index >= 15 is 0 Å². The van der Waals surface area contributed by atoms with Gasteiger partial charge in [-0.05, 0) is 6.92 Å². The molecule has 0 heterocycles. The second kappa shape index (κ2) is 8.46. The Kier molecular flexibility index (Phi) is 9.81. The molecule has 0 atom stereocenters. The van der Waals surface area contributed by atoms with Crippen LogP contribution in [0.2, 0.25) is 0 Å². The fraction of sp³-hybridized carbons (Fsp3) is 0.250. The third-order valence-electron chi connectivity index (χ3n) is 0.940. The molecule has 70 valence electrons. The molecule has 0 radical (unpaired) electrons. The van der Waals surface area contributed by atoms with E-state index in [0.29, 0.717) is 0 Å². The average molecular weight is 197 g/mol. The molecule has 0 aliphatic rings. The Bertz CT molecular complexity index is 174. The second-order valence-corrected chi connectivity index (χ2v) is 1.90. The van der Waals surface area contributed by atoms with E-state index in [1.807, 2.05) is 18.2 Å². The molecule has 0 aliphatic carbocycles. The third kappa shape index (κ3) is 12.1. The minimum absolute atomic E-state index is 0. The minimum Gasteiger partial charge on any atom is -0.174 e. The molecule has 1 aromatic carbocycles. The smallest absolute Gasteiger partial charge is 0.174 e. The van der Waals surface area contributed by atoms with E-state index in [4.69, 9.17) is 0 Å². The topological polar surface area (TPSA) is 0 Å². The van der Waals surface area contributed by atoms with E-state index in [2.05, 4.69) is 19.1 Å². The summed E-state index contributed by atoms with van der Waals surface area (Å²) in [6.45, 7) is -1.58. The van der Waals surface area contributed by atoms with E-state index < -0.39 is 6.68 Å². The summed E-state index contributed by atoms with van der Waals surface area (Å²) in [5.74, 6) is 0. The zero-order valence-corrected chi connectivity index (χ0v) is 7.83. The first-order chi connectivity index (χ1) is 5.13. The fourth-order valence-electron chi connectivity index (χ4n) is 0.534. The van der Waals surface area contributed by atoms with Crippen molar-refractivity contribution >= 4 is 13.5 Å². The molecule has 0 N–H and O–H groups in total. The van der Waals surface area contributed by atoms with Crippen LogP contribution in [0, 0.1) is 6.92 Å². The van der Waals surface area contributed by atoms with Gasteiger partial charge in [0.2, 0.25) is 0 Å². The molecule has 0 saturated heterocycles. The summed E-state index contributed by atoms with van der Waals surface area (Å²) < 4.78 is 29.0. The first kappa shape index (κ1) is 13.9. The Labute approximate surface area is 76.9 Å². The Hall–Kier alpha value is -0.640. The van der Waals surface area contributed by atoms with Crippen molar-refractivity contribution in [2.45, 2.75) is 13.6 Å². The first-order valence-corrected chi connectivity index (χ1v) is 3.07. The number of hydrogen-bond donors (Lipinski definition) is 0. The highest BCUT2D eigenvalue weighted by molar-refractivity contribution is 7.37. The lowest BCUT2D eigenvalue weighted by atomic mass is 10.2. The highest BCUT2D eigenvalue weighted by Gasteiger charge is 1.86. The van der Waals surface area contributed by atoms with E-state index in [-0.39, 0.29) is 13.5 Å². The van der Waals surface area contributed by atoms with Crippen molar-refractivity contribution in [1.82, 2.24) is 0 Å². The maximum absolute atomic E-state index is 9.67. The molecule has 0 spiro atoms. The van der Waals surface area contributed by atoms with Gasteiger partial charge in [-0.1, -0.05) is 49.4 Å². The van der Waals surface area contributed by atoms with E-state index in [1.165, 1.54) is 5.56 Å². The summed E-state index contributed by atoms with van der Waals surface area (Å²) in [5, 5.41) is 0. The van der Waals surface area contributed by atoms with Gasteiger partial charge in [-0.25, -0.2) is 0 Å². The SMILES string of the molecule is Cc1ccccc1.FC(F)F.[SH3+]. The van der Waals surface area contributed by atoms with Crippen molar-refractivity contribution in [1.29, 1.82) is 0 Å². The minimum atomic E-state index is -3.67. The van der Waals surface area contributed by atoms with Gasteiger partial charge in [-0.15, -0.1) is 0 Å². The normalized spacial score (nSPS) is 8.08. The van der Waals surface area contributed by atoms with Crippen LogP contribution in [-0.2, 0) is 13.5 Å². The summed E-state index contributed by atoms with van der Waals surface area (Å²) in [5.41, 5.74) is 1.32. The Morgan fingerprint density at radius 1 is 1.00 bits per heavy atom. The van der Waals surface area contributed by atoms with Gasteiger partial charge in [0.05, 0.1) is 0 Å². The fourth-order valence-corrected chi connectivity index (χ4v) is 0.534. The van der Waals surface area contributed by atoms with Gasteiger partial charge in [0, 0.05) is 0 Å². The van der Waals surface area contributed by atoms with Crippen molar-refractivity contribution in [3.63, 3.8) is 0 Å². The molecule has 0 saturated carbocycles. The Morgan fingerprint density at radius 3 is 1.50 bits per heavy atom. The number of aryl methyl sites for hydroxylation is 1. The molecular weight excluding hydrogens is 185 g/mol. The molecule has 0 unspecified atom stereocenters. The van der Waals surface area contributed by atoms with Crippen LogP contribution in [0.3, 0.4) is 0 Å². The van der Waals surface area contributed by atoms with Gasteiger partial charge in [0.15, 0.2) is 0 Å². The highest BCUT2D eigenvalue weighted by atomic mass is 32.1. The zero-order chi connectivity index (χ0) is 8.69. The lowest BCUT2D eigenvalue weighted by Crippen LogP contribution is -1.65. The van der Waals surface area contributed by atoms with Crippen LogP contribution in [0.15, 0.2) is 30.3 Å². The van der Waals surface area contributed by atoms with Crippen LogP contribution in [0.1, 0.15) is 5.56 Å². The van der Waals surface area contributed by atoms with Crippen LogP contribution in [0.25, 0.3) is 0 Å². The average Bonchev–Trinajstić information content (AvgIpc) is 1.87. The van der Waals surface area contributed by atoms with E-state index in [9.17, 15) is 13.2 Å². The van der Waals surface area contributed by atoms with Crippen LogP contribution in [0.5, 0.6) is 0 Å². The monoisotopic (exact) mass is 197 g/mol. The predicted molar refractivity (Wildman–Crippen MR) is 49.8 cm³/mol.